The van der Waals surface area contributed by atoms with Gasteiger partial charge in [-0.1, -0.05) is 30.3 Å². The number of rotatable bonds is 8. The summed E-state index contributed by atoms with van der Waals surface area (Å²) in [5, 5.41) is 8.63. The zero-order chi connectivity index (χ0) is 47.2. The van der Waals surface area contributed by atoms with Gasteiger partial charge in [0.15, 0.2) is 89.3 Å². The van der Waals surface area contributed by atoms with E-state index in [0.717, 1.165) is 5.56 Å². The minimum Gasteiger partial charge on any atom is -0.431 e. The van der Waals surface area contributed by atoms with Crippen LogP contribution >= 0.6 is 0 Å². The summed E-state index contributed by atoms with van der Waals surface area (Å²) >= 11 is 0. The number of pyridine rings is 1. The Kier molecular flexibility index (Phi) is 13.5. The highest BCUT2D eigenvalue weighted by molar-refractivity contribution is 7.20. The van der Waals surface area contributed by atoms with E-state index in [-0.39, 0.29) is 0 Å². The summed E-state index contributed by atoms with van der Waals surface area (Å²) in [5.74, 6) is -71.9. The van der Waals surface area contributed by atoms with Gasteiger partial charge in [-0.25, -0.2) is 92.6 Å². The van der Waals surface area contributed by atoms with Crippen molar-refractivity contribution >= 4 is 34.0 Å². The first kappa shape index (κ1) is 47.4. The summed E-state index contributed by atoms with van der Waals surface area (Å²) in [6.07, 6.45) is -5.41. The number of aliphatic hydroxyl groups excluding tert-OH is 1. The zero-order valence-corrected chi connectivity index (χ0v) is 30.0. The second kappa shape index (κ2) is 18.0. The predicted molar refractivity (Wildman–Crippen MR) is 174 cm³/mol. The molecule has 0 atom stereocenters. The van der Waals surface area contributed by atoms with Gasteiger partial charge in [-0.05, 0) is 6.07 Å². The molecule has 5 aromatic carbocycles. The van der Waals surface area contributed by atoms with Crippen LogP contribution in [-0.4, -0.2) is 24.0 Å². The lowest BCUT2D eigenvalue weighted by atomic mass is 9.12. The highest BCUT2D eigenvalue weighted by Crippen LogP contribution is 2.30. The molecule has 0 radical (unpaired) electrons. The van der Waals surface area contributed by atoms with Crippen molar-refractivity contribution in [2.45, 2.75) is 6.54 Å². The summed E-state index contributed by atoms with van der Waals surface area (Å²) in [5.41, 5.74) is -12.8. The Hall–Kier alpha value is -6.66. The predicted octanol–water partition coefficient (Wildman–Crippen LogP) is 6.98. The second-order valence-corrected chi connectivity index (χ2v) is 12.6. The van der Waals surface area contributed by atoms with E-state index in [0.29, 0.717) is 12.2 Å². The van der Waals surface area contributed by atoms with Crippen molar-refractivity contribution in [1.29, 1.82) is 0 Å². The Morgan fingerprint density at radius 1 is 0.413 bits per heavy atom. The van der Waals surface area contributed by atoms with Gasteiger partial charge < -0.3 is 9.84 Å². The molecule has 0 unspecified atom stereocenters. The monoisotopic (exact) mass is 923 g/mol. The third kappa shape index (κ3) is 7.66. The molecule has 6 aromatic rings. The lowest BCUT2D eigenvalue weighted by Gasteiger charge is -2.44. The molecule has 0 amide bonds. The molecule has 1 N–H and O–H groups in total. The molecule has 4 nitrogen and oxygen atoms in total. The highest BCUT2D eigenvalue weighted by atomic mass is 19.2. The van der Waals surface area contributed by atoms with Crippen molar-refractivity contribution in [3.05, 3.63) is 182 Å². The molecular formula is C38H14BF20NO3. The number of aromatic nitrogens is 1. The maximum Gasteiger partial charge on any atom is 0.405 e. The quantitative estimate of drug-likeness (QED) is 0.0342. The molecule has 1 aromatic heterocycles. The Balaban J connectivity index is 0.000000345. The van der Waals surface area contributed by atoms with Crippen LogP contribution in [0.1, 0.15) is 16.1 Å². The van der Waals surface area contributed by atoms with Crippen LogP contribution in [0.2, 0.25) is 0 Å². The summed E-state index contributed by atoms with van der Waals surface area (Å²) in [4.78, 5) is 11.7. The molecule has 0 fully saturated rings. The highest BCUT2D eigenvalue weighted by Gasteiger charge is 2.52. The van der Waals surface area contributed by atoms with Crippen LogP contribution in [0.15, 0.2) is 54.7 Å². The fourth-order valence-corrected chi connectivity index (χ4v) is 6.59. The molecule has 63 heavy (non-hydrogen) atoms. The van der Waals surface area contributed by atoms with Gasteiger partial charge in [0.2, 0.25) is 0 Å². The number of hydrogen-bond donors (Lipinski definition) is 1. The number of carbonyl (C=O) groups is 1. The van der Waals surface area contributed by atoms with Crippen molar-refractivity contribution in [2.75, 3.05) is 6.79 Å². The third-order valence-corrected chi connectivity index (χ3v) is 9.25. The standard InChI is InChI=1S/C24BF20.C14H14NO3/c26-5-1(6(27)14(35)21(42)13(5)34)25(2-7(28)15(36)22(43)16(37)8(2)29,3-9(30)17(38)23(44)18(39)10(3)31)4-11(32)19(40)24(45)20(41)12(4)33;16-11-18-14(17)13-8-4-5-9-15(13)10-12-6-2-1-3-7-12/h;1-9,16H,10-11H2/q-1;+1. The lowest BCUT2D eigenvalue weighted by Crippen LogP contribution is -2.81. The van der Waals surface area contributed by atoms with Gasteiger partial charge in [0.05, 0.1) is 0 Å². The van der Waals surface area contributed by atoms with E-state index in [9.17, 15) is 57.5 Å². The maximum atomic E-state index is 15.4. The van der Waals surface area contributed by atoms with E-state index in [1.54, 1.807) is 22.9 Å². The van der Waals surface area contributed by atoms with Crippen LogP contribution in [0.4, 0.5) is 87.8 Å². The summed E-state index contributed by atoms with van der Waals surface area (Å²) in [6.45, 7) is -0.0311. The summed E-state index contributed by atoms with van der Waals surface area (Å²) in [6, 6.07) is 15.1. The fourth-order valence-electron chi connectivity index (χ4n) is 6.59. The first-order valence-corrected chi connectivity index (χ1v) is 16.5. The van der Waals surface area contributed by atoms with E-state index in [2.05, 4.69) is 4.74 Å². The first-order chi connectivity index (χ1) is 29.5. The van der Waals surface area contributed by atoms with Gasteiger partial charge in [-0.15, -0.1) is 21.9 Å². The third-order valence-electron chi connectivity index (χ3n) is 9.25. The number of carbonyl (C=O) groups excluding carboxylic acids is 1. The van der Waals surface area contributed by atoms with Crippen LogP contribution in [0.25, 0.3) is 0 Å². The maximum absolute atomic E-state index is 15.4. The SMILES string of the molecule is Fc1c(F)c(F)c([B-](c2c(F)c(F)c(F)c(F)c2F)(c2c(F)c(F)c(F)c(F)c2F)c2c(F)c(F)c(F)c(F)c2F)c(F)c1F.O=C(OCO)c1cccc[n+]1Cc1ccccc1. The van der Waals surface area contributed by atoms with Gasteiger partial charge >= 0.3 is 5.97 Å². The molecule has 332 valence electrons. The minimum atomic E-state index is -7.22. The van der Waals surface area contributed by atoms with Crippen LogP contribution in [-0.2, 0) is 11.3 Å². The van der Waals surface area contributed by atoms with Crippen LogP contribution in [0, 0.1) is 116 Å². The Morgan fingerprint density at radius 2 is 0.683 bits per heavy atom. The van der Waals surface area contributed by atoms with E-state index in [4.69, 9.17) is 5.11 Å². The fraction of sp³-hybridized carbons (Fsp3) is 0.0526. The van der Waals surface area contributed by atoms with Gasteiger partial charge in [0, 0.05) is 17.7 Å². The Bertz CT molecular complexity index is 2430. The van der Waals surface area contributed by atoms with Crippen molar-refractivity contribution in [3.63, 3.8) is 0 Å². The number of aliphatic hydroxyl groups is 1. The Morgan fingerprint density at radius 3 is 0.968 bits per heavy atom. The molecule has 0 aliphatic carbocycles. The van der Waals surface area contributed by atoms with Crippen molar-refractivity contribution < 1.29 is 107 Å². The molecule has 1 heterocycles. The van der Waals surface area contributed by atoms with Crippen LogP contribution in [0.3, 0.4) is 0 Å². The second-order valence-electron chi connectivity index (χ2n) is 12.6. The number of benzene rings is 5. The molecular weight excluding hydrogens is 909 g/mol. The molecule has 0 spiro atoms. The first-order valence-electron chi connectivity index (χ1n) is 16.5. The lowest BCUT2D eigenvalue weighted by molar-refractivity contribution is -0.690. The number of esters is 1. The van der Waals surface area contributed by atoms with E-state index in [1.165, 1.54) is 0 Å². The van der Waals surface area contributed by atoms with Gasteiger partial charge in [-0.3, -0.25) is 0 Å². The molecule has 0 aliphatic heterocycles. The summed E-state index contributed by atoms with van der Waals surface area (Å²) in [7, 11) is 0. The minimum absolute atomic E-state index is 0.412. The normalized spacial score (nSPS) is 11.4. The molecule has 25 heteroatoms. The molecule has 0 aliphatic rings. The van der Waals surface area contributed by atoms with E-state index >= 15 is 35.1 Å². The molecule has 6 rings (SSSR count). The van der Waals surface area contributed by atoms with Crippen LogP contribution in [0.5, 0.6) is 0 Å². The van der Waals surface area contributed by atoms with Crippen LogP contribution < -0.4 is 26.4 Å². The van der Waals surface area contributed by atoms with E-state index < -0.39 is 157 Å². The van der Waals surface area contributed by atoms with Crippen molar-refractivity contribution in [2.24, 2.45) is 0 Å². The Labute approximate surface area is 336 Å². The zero-order valence-electron chi connectivity index (χ0n) is 30.0. The number of halogens is 20. The van der Waals surface area contributed by atoms with Gasteiger partial charge in [0.25, 0.3) is 5.69 Å². The smallest absolute Gasteiger partial charge is 0.405 e. The van der Waals surface area contributed by atoms with Gasteiger partial charge in [-0.2, -0.15) is 4.57 Å². The van der Waals surface area contributed by atoms with Crippen molar-refractivity contribution in [1.82, 2.24) is 0 Å². The van der Waals surface area contributed by atoms with Crippen molar-refractivity contribution in [3.8, 4) is 0 Å². The number of hydrogen-bond acceptors (Lipinski definition) is 3. The molecule has 0 saturated carbocycles. The largest absolute Gasteiger partial charge is 0.431 e. The average molecular weight is 923 g/mol. The number of ether oxygens (including phenoxy) is 1. The topological polar surface area (TPSA) is 50.4 Å². The number of nitrogens with zero attached hydrogens (tertiary/aromatic N) is 1. The van der Waals surface area contributed by atoms with Gasteiger partial charge in [0.1, 0.15) is 52.7 Å². The van der Waals surface area contributed by atoms with E-state index in [1.807, 2.05) is 36.4 Å². The molecule has 0 saturated heterocycles. The molecule has 0 bridgehead atoms. The average Bonchev–Trinajstić information content (AvgIpc) is 3.27. The summed E-state index contributed by atoms with van der Waals surface area (Å²) < 4.78 is 300.